The van der Waals surface area contributed by atoms with E-state index in [1.165, 1.54) is 0 Å². The second-order valence-electron chi connectivity index (χ2n) is 5.06. The van der Waals surface area contributed by atoms with E-state index >= 15 is 0 Å². The zero-order chi connectivity index (χ0) is 13.1. The summed E-state index contributed by atoms with van der Waals surface area (Å²) < 4.78 is 1.16. The van der Waals surface area contributed by atoms with Crippen LogP contribution in [0.25, 0.3) is 0 Å². The maximum absolute atomic E-state index is 11.7. The highest BCUT2D eigenvalue weighted by Gasteiger charge is 2.12. The topological polar surface area (TPSA) is 41.1 Å². The molecule has 0 radical (unpaired) electrons. The van der Waals surface area contributed by atoms with Crippen LogP contribution in [0.5, 0.6) is 0 Å². The molecule has 1 rings (SSSR count). The van der Waals surface area contributed by atoms with Crippen LogP contribution in [0.4, 0.5) is 5.69 Å². The van der Waals surface area contributed by atoms with Crippen LogP contribution in [0.15, 0.2) is 18.2 Å². The lowest BCUT2D eigenvalue weighted by molar-refractivity contribution is -0.115. The Bertz CT molecular complexity index is 410. The van der Waals surface area contributed by atoms with E-state index in [-0.39, 0.29) is 11.4 Å². The Labute approximate surface area is 117 Å². The van der Waals surface area contributed by atoms with Crippen LogP contribution in [0.3, 0.4) is 0 Å². The van der Waals surface area contributed by atoms with Crippen LogP contribution in [-0.4, -0.2) is 18.0 Å². The molecule has 0 aliphatic carbocycles. The van der Waals surface area contributed by atoms with Gasteiger partial charge in [0.15, 0.2) is 0 Å². The Kier molecular flexibility index (Phi) is 4.94. The maximum Gasteiger partial charge on any atom is 0.238 e. The number of anilines is 1. The lowest BCUT2D eigenvalue weighted by Crippen LogP contribution is -2.41. The fourth-order valence-electron chi connectivity index (χ4n) is 1.28. The number of rotatable bonds is 3. The minimum atomic E-state index is -0.0442. The van der Waals surface area contributed by atoms with Crippen molar-refractivity contribution < 1.29 is 4.79 Å². The third kappa shape index (κ3) is 5.04. The van der Waals surface area contributed by atoms with Crippen LogP contribution >= 0.6 is 22.6 Å². The molecule has 1 amide bonds. The molecule has 1 aromatic rings. The van der Waals surface area contributed by atoms with Gasteiger partial charge in [0.05, 0.1) is 6.54 Å². The molecule has 17 heavy (non-hydrogen) atoms. The summed E-state index contributed by atoms with van der Waals surface area (Å²) in [5.41, 5.74) is 1.95. The first-order chi connectivity index (χ1) is 7.79. The molecule has 2 N–H and O–H groups in total. The summed E-state index contributed by atoms with van der Waals surface area (Å²) in [6, 6.07) is 5.90. The van der Waals surface area contributed by atoms with Gasteiger partial charge in [0.25, 0.3) is 0 Å². The average molecular weight is 346 g/mol. The zero-order valence-corrected chi connectivity index (χ0v) is 12.9. The Balaban J connectivity index is 2.60. The van der Waals surface area contributed by atoms with E-state index in [4.69, 9.17) is 0 Å². The van der Waals surface area contributed by atoms with Crippen molar-refractivity contribution in [2.45, 2.75) is 33.2 Å². The molecular weight excluding hydrogens is 327 g/mol. The summed E-state index contributed by atoms with van der Waals surface area (Å²) >= 11 is 2.26. The maximum atomic E-state index is 11.7. The molecule has 0 saturated heterocycles. The van der Waals surface area contributed by atoms with E-state index in [0.29, 0.717) is 6.54 Å². The molecule has 0 bridgehead atoms. The van der Waals surface area contributed by atoms with Gasteiger partial charge in [-0.25, -0.2) is 0 Å². The summed E-state index contributed by atoms with van der Waals surface area (Å²) in [6.07, 6.45) is 0. The van der Waals surface area contributed by atoms with Crippen molar-refractivity contribution >= 4 is 34.2 Å². The predicted molar refractivity (Wildman–Crippen MR) is 80.3 cm³/mol. The van der Waals surface area contributed by atoms with Gasteiger partial charge in [-0.1, -0.05) is 6.07 Å². The van der Waals surface area contributed by atoms with E-state index < -0.39 is 0 Å². The number of amides is 1. The Morgan fingerprint density at radius 3 is 2.59 bits per heavy atom. The van der Waals surface area contributed by atoms with Crippen molar-refractivity contribution in [3.63, 3.8) is 0 Å². The third-order valence-corrected chi connectivity index (χ3v) is 3.49. The zero-order valence-electron chi connectivity index (χ0n) is 10.7. The highest BCUT2D eigenvalue weighted by atomic mass is 127. The monoisotopic (exact) mass is 346 g/mol. The van der Waals surface area contributed by atoms with E-state index in [0.717, 1.165) is 14.8 Å². The first kappa shape index (κ1) is 14.4. The largest absolute Gasteiger partial charge is 0.325 e. The van der Waals surface area contributed by atoms with Crippen molar-refractivity contribution in [3.05, 3.63) is 27.3 Å². The van der Waals surface area contributed by atoms with Crippen molar-refractivity contribution in [1.82, 2.24) is 5.32 Å². The van der Waals surface area contributed by atoms with Gasteiger partial charge < -0.3 is 10.6 Å². The van der Waals surface area contributed by atoms with Crippen LogP contribution in [0.1, 0.15) is 26.3 Å². The van der Waals surface area contributed by atoms with Crippen LogP contribution in [-0.2, 0) is 4.79 Å². The quantitative estimate of drug-likeness (QED) is 0.827. The molecule has 0 fully saturated rings. The van der Waals surface area contributed by atoms with Gasteiger partial charge in [0, 0.05) is 14.8 Å². The molecule has 0 aliphatic heterocycles. The van der Waals surface area contributed by atoms with Gasteiger partial charge in [-0.2, -0.15) is 0 Å². The third-order valence-electron chi connectivity index (χ3n) is 2.32. The summed E-state index contributed by atoms with van der Waals surface area (Å²) in [7, 11) is 0. The Hall–Kier alpha value is -0.620. The van der Waals surface area contributed by atoms with Gasteiger partial charge in [-0.05, 0) is 68.0 Å². The number of benzene rings is 1. The molecule has 0 unspecified atom stereocenters. The highest BCUT2D eigenvalue weighted by molar-refractivity contribution is 14.1. The minimum Gasteiger partial charge on any atom is -0.325 e. The molecule has 0 aliphatic rings. The summed E-state index contributed by atoms with van der Waals surface area (Å²) in [6.45, 7) is 8.45. The second kappa shape index (κ2) is 5.82. The number of carbonyl (C=O) groups excluding carboxylic acids is 1. The molecule has 0 heterocycles. The second-order valence-corrected chi connectivity index (χ2v) is 6.23. The van der Waals surface area contributed by atoms with Gasteiger partial charge in [0.1, 0.15) is 0 Å². The molecule has 1 aromatic carbocycles. The van der Waals surface area contributed by atoms with E-state index in [9.17, 15) is 4.79 Å². The van der Waals surface area contributed by atoms with Crippen molar-refractivity contribution in [2.75, 3.05) is 11.9 Å². The van der Waals surface area contributed by atoms with E-state index in [2.05, 4.69) is 33.2 Å². The molecule has 0 atom stereocenters. The van der Waals surface area contributed by atoms with Gasteiger partial charge in [-0.3, -0.25) is 4.79 Å². The predicted octanol–water partition coefficient (Wildman–Crippen LogP) is 2.93. The van der Waals surface area contributed by atoms with Gasteiger partial charge in [-0.15, -0.1) is 0 Å². The summed E-state index contributed by atoms with van der Waals surface area (Å²) in [5, 5.41) is 6.08. The Morgan fingerprint density at radius 1 is 1.35 bits per heavy atom. The molecular formula is C13H19IN2O. The standard InChI is InChI=1S/C13H19IN2O/c1-9-10(14)6-5-7-11(9)16-12(17)8-15-13(2,3)4/h5-7,15H,8H2,1-4H3,(H,16,17). The number of halogens is 1. The molecule has 0 aromatic heterocycles. The molecule has 0 saturated carbocycles. The summed E-state index contributed by atoms with van der Waals surface area (Å²) in [5.74, 6) is -0.00924. The molecule has 4 heteroatoms. The molecule has 0 spiro atoms. The SMILES string of the molecule is Cc1c(I)cccc1NC(=O)CNC(C)(C)C. The van der Waals surface area contributed by atoms with Crippen LogP contribution in [0, 0.1) is 10.5 Å². The van der Waals surface area contributed by atoms with Crippen LogP contribution in [0.2, 0.25) is 0 Å². The van der Waals surface area contributed by atoms with Gasteiger partial charge in [0.2, 0.25) is 5.91 Å². The Morgan fingerprint density at radius 2 is 2.00 bits per heavy atom. The van der Waals surface area contributed by atoms with Crippen molar-refractivity contribution in [3.8, 4) is 0 Å². The fraction of sp³-hybridized carbons (Fsp3) is 0.462. The number of nitrogens with one attached hydrogen (secondary N) is 2. The number of carbonyl (C=O) groups is 1. The van der Waals surface area contributed by atoms with Crippen molar-refractivity contribution in [1.29, 1.82) is 0 Å². The van der Waals surface area contributed by atoms with Gasteiger partial charge >= 0.3 is 0 Å². The normalized spacial score (nSPS) is 11.4. The smallest absolute Gasteiger partial charge is 0.238 e. The van der Waals surface area contributed by atoms with E-state index in [1.54, 1.807) is 0 Å². The van der Waals surface area contributed by atoms with E-state index in [1.807, 2.05) is 45.9 Å². The van der Waals surface area contributed by atoms with Crippen molar-refractivity contribution in [2.24, 2.45) is 0 Å². The minimum absolute atomic E-state index is 0.00924. The first-order valence-electron chi connectivity index (χ1n) is 5.59. The molecule has 94 valence electrons. The average Bonchev–Trinajstić information content (AvgIpc) is 2.21. The number of hydrogen-bond donors (Lipinski definition) is 2. The number of hydrogen-bond acceptors (Lipinski definition) is 2. The lowest BCUT2D eigenvalue weighted by atomic mass is 10.1. The molecule has 3 nitrogen and oxygen atoms in total. The lowest BCUT2D eigenvalue weighted by Gasteiger charge is -2.20. The summed E-state index contributed by atoms with van der Waals surface area (Å²) in [4.78, 5) is 11.7. The fourth-order valence-corrected chi connectivity index (χ4v) is 1.78. The van der Waals surface area contributed by atoms with Crippen LogP contribution < -0.4 is 10.6 Å². The highest BCUT2D eigenvalue weighted by Crippen LogP contribution is 2.20. The first-order valence-corrected chi connectivity index (χ1v) is 6.67.